The first kappa shape index (κ1) is 11.0. The highest BCUT2D eigenvalue weighted by Crippen LogP contribution is 2.28. The molecule has 0 aliphatic heterocycles. The van der Waals surface area contributed by atoms with Gasteiger partial charge in [-0.3, -0.25) is 4.79 Å². The molecule has 1 aliphatic rings. The summed E-state index contributed by atoms with van der Waals surface area (Å²) >= 11 is 0. The molecule has 88 valence electrons. The fourth-order valence-electron chi connectivity index (χ4n) is 2.31. The maximum Gasteiger partial charge on any atom is 0.306 e. The number of aromatic nitrogens is 1. The SMILES string of the molecule is O=C(O)C1CCC(CNc2ccc[nH]2)CC1. The van der Waals surface area contributed by atoms with Crippen LogP contribution in [0.5, 0.6) is 0 Å². The average Bonchev–Trinajstić information content (AvgIpc) is 2.80. The van der Waals surface area contributed by atoms with Crippen molar-refractivity contribution < 1.29 is 9.90 Å². The summed E-state index contributed by atoms with van der Waals surface area (Å²) in [5.74, 6) is 0.914. The van der Waals surface area contributed by atoms with Gasteiger partial charge in [-0.25, -0.2) is 0 Å². The van der Waals surface area contributed by atoms with E-state index in [4.69, 9.17) is 5.11 Å². The first-order valence-electron chi connectivity index (χ1n) is 5.86. The molecule has 0 bridgehead atoms. The number of carbonyl (C=O) groups is 1. The molecule has 0 atom stereocenters. The van der Waals surface area contributed by atoms with Gasteiger partial charge in [-0.05, 0) is 43.7 Å². The molecule has 2 rings (SSSR count). The minimum absolute atomic E-state index is 0.110. The van der Waals surface area contributed by atoms with E-state index in [0.29, 0.717) is 5.92 Å². The minimum atomic E-state index is -0.629. The van der Waals surface area contributed by atoms with Crippen LogP contribution in [0, 0.1) is 11.8 Å². The number of aromatic amines is 1. The quantitative estimate of drug-likeness (QED) is 0.732. The summed E-state index contributed by atoms with van der Waals surface area (Å²) in [5, 5.41) is 12.2. The van der Waals surface area contributed by atoms with E-state index in [1.807, 2.05) is 18.3 Å². The van der Waals surface area contributed by atoms with E-state index >= 15 is 0 Å². The zero-order chi connectivity index (χ0) is 11.4. The monoisotopic (exact) mass is 222 g/mol. The molecule has 0 saturated heterocycles. The van der Waals surface area contributed by atoms with Gasteiger partial charge in [0.25, 0.3) is 0 Å². The molecule has 0 spiro atoms. The van der Waals surface area contributed by atoms with E-state index < -0.39 is 5.97 Å². The topological polar surface area (TPSA) is 65.1 Å². The van der Waals surface area contributed by atoms with Crippen molar-refractivity contribution in [1.82, 2.24) is 4.98 Å². The first-order chi connectivity index (χ1) is 7.75. The van der Waals surface area contributed by atoms with Crippen molar-refractivity contribution in [3.63, 3.8) is 0 Å². The smallest absolute Gasteiger partial charge is 0.306 e. The van der Waals surface area contributed by atoms with Gasteiger partial charge in [-0.15, -0.1) is 0 Å². The molecule has 0 radical (unpaired) electrons. The van der Waals surface area contributed by atoms with Crippen molar-refractivity contribution in [2.24, 2.45) is 11.8 Å². The number of hydrogen-bond acceptors (Lipinski definition) is 2. The Morgan fingerprint density at radius 3 is 2.75 bits per heavy atom. The molecule has 3 N–H and O–H groups in total. The van der Waals surface area contributed by atoms with Gasteiger partial charge in [0, 0.05) is 12.7 Å². The highest BCUT2D eigenvalue weighted by atomic mass is 16.4. The minimum Gasteiger partial charge on any atom is -0.481 e. The zero-order valence-electron chi connectivity index (χ0n) is 9.28. The number of hydrogen-bond donors (Lipinski definition) is 3. The van der Waals surface area contributed by atoms with Crippen molar-refractivity contribution in [2.45, 2.75) is 25.7 Å². The van der Waals surface area contributed by atoms with Gasteiger partial charge in [0.05, 0.1) is 5.92 Å². The van der Waals surface area contributed by atoms with E-state index in [9.17, 15) is 4.79 Å². The molecule has 1 saturated carbocycles. The number of carboxylic acid groups (broad SMARTS) is 1. The van der Waals surface area contributed by atoms with Crippen molar-refractivity contribution >= 4 is 11.8 Å². The Kier molecular flexibility index (Phi) is 3.49. The van der Waals surface area contributed by atoms with Crippen molar-refractivity contribution in [3.8, 4) is 0 Å². The first-order valence-corrected chi connectivity index (χ1v) is 5.86. The second-order valence-corrected chi connectivity index (χ2v) is 4.52. The van der Waals surface area contributed by atoms with E-state index in [-0.39, 0.29) is 5.92 Å². The summed E-state index contributed by atoms with van der Waals surface area (Å²) in [4.78, 5) is 13.9. The van der Waals surface area contributed by atoms with Crippen molar-refractivity contribution in [2.75, 3.05) is 11.9 Å². The molecule has 1 aliphatic carbocycles. The van der Waals surface area contributed by atoms with Crippen LogP contribution in [0.2, 0.25) is 0 Å². The standard InChI is InChI=1S/C12H18N2O2/c15-12(16)10-5-3-9(4-6-10)8-14-11-2-1-7-13-11/h1-2,7,9-10,13-14H,3-6,8H2,(H,15,16). The van der Waals surface area contributed by atoms with E-state index in [0.717, 1.165) is 38.0 Å². The fraction of sp³-hybridized carbons (Fsp3) is 0.583. The molecular weight excluding hydrogens is 204 g/mol. The number of anilines is 1. The van der Waals surface area contributed by atoms with Crippen LogP contribution in [0.4, 0.5) is 5.82 Å². The van der Waals surface area contributed by atoms with Crippen LogP contribution in [0.3, 0.4) is 0 Å². The van der Waals surface area contributed by atoms with Gasteiger partial charge >= 0.3 is 5.97 Å². The Bertz CT molecular complexity index is 327. The van der Waals surface area contributed by atoms with Crippen LogP contribution in [0.1, 0.15) is 25.7 Å². The van der Waals surface area contributed by atoms with E-state index in [1.54, 1.807) is 0 Å². The van der Waals surface area contributed by atoms with Gasteiger partial charge < -0.3 is 15.4 Å². The Morgan fingerprint density at radius 1 is 1.44 bits per heavy atom. The maximum absolute atomic E-state index is 10.8. The van der Waals surface area contributed by atoms with Gasteiger partial charge in [0.2, 0.25) is 0 Å². The summed E-state index contributed by atoms with van der Waals surface area (Å²) in [5.41, 5.74) is 0. The second kappa shape index (κ2) is 5.05. The molecule has 16 heavy (non-hydrogen) atoms. The normalized spacial score (nSPS) is 25.2. The largest absolute Gasteiger partial charge is 0.481 e. The molecule has 0 amide bonds. The Hall–Kier alpha value is -1.45. The van der Waals surface area contributed by atoms with Crippen molar-refractivity contribution in [1.29, 1.82) is 0 Å². The molecular formula is C12H18N2O2. The van der Waals surface area contributed by atoms with Gasteiger partial charge in [-0.2, -0.15) is 0 Å². The molecule has 1 fully saturated rings. The second-order valence-electron chi connectivity index (χ2n) is 4.52. The average molecular weight is 222 g/mol. The Balaban J connectivity index is 1.71. The third-order valence-electron chi connectivity index (χ3n) is 3.38. The van der Waals surface area contributed by atoms with Crippen LogP contribution in [-0.2, 0) is 4.79 Å². The van der Waals surface area contributed by atoms with Gasteiger partial charge in [-0.1, -0.05) is 0 Å². The van der Waals surface area contributed by atoms with Crippen LogP contribution < -0.4 is 5.32 Å². The van der Waals surface area contributed by atoms with E-state index in [2.05, 4.69) is 10.3 Å². The lowest BCUT2D eigenvalue weighted by atomic mass is 9.82. The molecule has 0 unspecified atom stereocenters. The maximum atomic E-state index is 10.8. The highest BCUT2D eigenvalue weighted by molar-refractivity contribution is 5.69. The van der Waals surface area contributed by atoms with Crippen LogP contribution >= 0.6 is 0 Å². The predicted octanol–water partition coefficient (Wildman–Crippen LogP) is 2.32. The number of nitrogens with one attached hydrogen (secondary N) is 2. The predicted molar refractivity (Wildman–Crippen MR) is 62.4 cm³/mol. The summed E-state index contributed by atoms with van der Waals surface area (Å²) in [6.45, 7) is 0.937. The fourth-order valence-corrected chi connectivity index (χ4v) is 2.31. The lowest BCUT2D eigenvalue weighted by molar-refractivity contribution is -0.143. The summed E-state index contributed by atoms with van der Waals surface area (Å²) in [6.07, 6.45) is 5.58. The molecule has 4 nitrogen and oxygen atoms in total. The lowest BCUT2D eigenvalue weighted by Gasteiger charge is -2.26. The lowest BCUT2D eigenvalue weighted by Crippen LogP contribution is -2.25. The third-order valence-corrected chi connectivity index (χ3v) is 3.38. The number of H-pyrrole nitrogens is 1. The van der Waals surface area contributed by atoms with Crippen LogP contribution in [0.25, 0.3) is 0 Å². The summed E-state index contributed by atoms with van der Waals surface area (Å²) in [7, 11) is 0. The molecule has 1 aromatic heterocycles. The number of carboxylic acids is 1. The molecule has 1 aromatic rings. The van der Waals surface area contributed by atoms with Gasteiger partial charge in [0.1, 0.15) is 5.82 Å². The van der Waals surface area contributed by atoms with E-state index in [1.165, 1.54) is 0 Å². The molecule has 4 heteroatoms. The van der Waals surface area contributed by atoms with Crippen LogP contribution in [-0.4, -0.2) is 22.6 Å². The highest BCUT2D eigenvalue weighted by Gasteiger charge is 2.25. The molecule has 1 heterocycles. The summed E-state index contributed by atoms with van der Waals surface area (Å²) in [6, 6.07) is 3.96. The Labute approximate surface area is 95.1 Å². The van der Waals surface area contributed by atoms with Crippen LogP contribution in [0.15, 0.2) is 18.3 Å². The Morgan fingerprint density at radius 2 is 2.19 bits per heavy atom. The molecule has 0 aromatic carbocycles. The zero-order valence-corrected chi connectivity index (χ0v) is 9.28. The third kappa shape index (κ3) is 2.78. The number of rotatable bonds is 4. The van der Waals surface area contributed by atoms with Crippen molar-refractivity contribution in [3.05, 3.63) is 18.3 Å². The van der Waals surface area contributed by atoms with Gasteiger partial charge in [0.15, 0.2) is 0 Å². The number of aliphatic carboxylic acids is 1. The summed E-state index contributed by atoms with van der Waals surface area (Å²) < 4.78 is 0.